The lowest BCUT2D eigenvalue weighted by atomic mass is 10.1. The molecule has 1 aliphatic rings. The summed E-state index contributed by atoms with van der Waals surface area (Å²) < 4.78 is 0. The van der Waals surface area contributed by atoms with Crippen LogP contribution >= 0.6 is 11.6 Å². The molecule has 1 aromatic heterocycles. The van der Waals surface area contributed by atoms with E-state index in [0.29, 0.717) is 38.4 Å². The Balaban J connectivity index is 1.58. The largest absolute Gasteiger partial charge is 0.508 e. The molecule has 4 rings (SSSR count). The van der Waals surface area contributed by atoms with Crippen LogP contribution in [0, 0.1) is 0 Å². The Morgan fingerprint density at radius 3 is 2.68 bits per heavy atom. The molecule has 5 N–H and O–H groups in total. The topological polar surface area (TPSA) is 154 Å². The molecule has 11 heteroatoms. The lowest BCUT2D eigenvalue weighted by Crippen LogP contribution is -2.27. The zero-order valence-electron chi connectivity index (χ0n) is 18.2. The lowest BCUT2D eigenvalue weighted by Gasteiger charge is -2.17. The predicted octanol–water partition coefficient (Wildman–Crippen LogP) is 2.63. The third-order valence-electron chi connectivity index (χ3n) is 5.55. The number of aromatic nitrogens is 2. The lowest BCUT2D eigenvalue weighted by molar-refractivity contribution is -0.135. The summed E-state index contributed by atoms with van der Waals surface area (Å²) in [5, 5.41) is 23.1. The number of nitrogens with two attached hydrogens (primary N) is 1. The second-order valence-corrected chi connectivity index (χ2v) is 8.27. The number of carboxylic acids is 1. The number of rotatable bonds is 7. The van der Waals surface area contributed by atoms with Crippen molar-refractivity contribution < 1.29 is 19.8 Å². The van der Waals surface area contributed by atoms with Crippen molar-refractivity contribution in [2.24, 2.45) is 10.7 Å². The second-order valence-electron chi connectivity index (χ2n) is 7.86. The van der Waals surface area contributed by atoms with E-state index in [1.807, 2.05) is 0 Å². The highest BCUT2D eigenvalue weighted by Gasteiger charge is 2.22. The Hall–Kier alpha value is -3.92. The Morgan fingerprint density at radius 2 is 1.94 bits per heavy atom. The van der Waals surface area contributed by atoms with Gasteiger partial charge in [0.15, 0.2) is 0 Å². The van der Waals surface area contributed by atoms with Crippen LogP contribution in [0.4, 0.5) is 5.82 Å². The number of aromatic hydroxyl groups is 1. The highest BCUT2D eigenvalue weighted by molar-refractivity contribution is 6.34. The van der Waals surface area contributed by atoms with E-state index in [2.05, 4.69) is 20.3 Å². The molecule has 0 aliphatic carbocycles. The van der Waals surface area contributed by atoms with Crippen molar-refractivity contribution in [1.82, 2.24) is 14.9 Å². The van der Waals surface area contributed by atoms with Crippen LogP contribution in [-0.4, -0.2) is 62.4 Å². The van der Waals surface area contributed by atoms with Crippen LogP contribution in [0.2, 0.25) is 5.02 Å². The highest BCUT2D eigenvalue weighted by Crippen LogP contribution is 2.29. The Bertz CT molecular complexity index is 1290. The fraction of sp³-hybridized carbons (Fsp3) is 0.261. The summed E-state index contributed by atoms with van der Waals surface area (Å²) in [7, 11) is 0. The molecule has 0 atom stereocenters. The van der Waals surface area contributed by atoms with Gasteiger partial charge in [-0.2, -0.15) is 0 Å². The molecule has 2 aromatic carbocycles. The number of amides is 1. The Labute approximate surface area is 200 Å². The van der Waals surface area contributed by atoms with E-state index in [1.54, 1.807) is 29.2 Å². The maximum Gasteiger partial charge on any atom is 0.325 e. The van der Waals surface area contributed by atoms with E-state index in [1.165, 1.54) is 12.4 Å². The molecule has 1 amide bonds. The summed E-state index contributed by atoms with van der Waals surface area (Å²) in [6.45, 7) is 1.18. The number of carbonyl (C=O) groups excluding carboxylic acids is 1. The van der Waals surface area contributed by atoms with Crippen LogP contribution in [0.25, 0.3) is 10.9 Å². The molecule has 1 fully saturated rings. The number of nitrogens with zero attached hydrogens (tertiary/aromatic N) is 4. The van der Waals surface area contributed by atoms with Gasteiger partial charge in [0.2, 0.25) is 0 Å². The van der Waals surface area contributed by atoms with Gasteiger partial charge in [-0.15, -0.1) is 0 Å². The van der Waals surface area contributed by atoms with Crippen LogP contribution in [0.3, 0.4) is 0 Å². The van der Waals surface area contributed by atoms with Crippen molar-refractivity contribution in [2.45, 2.75) is 19.4 Å². The summed E-state index contributed by atoms with van der Waals surface area (Å²) in [5.41, 5.74) is 7.82. The molecule has 1 saturated heterocycles. The first-order valence-electron chi connectivity index (χ1n) is 10.6. The van der Waals surface area contributed by atoms with Gasteiger partial charge in [0.05, 0.1) is 16.1 Å². The molecule has 2 heterocycles. The fourth-order valence-corrected chi connectivity index (χ4v) is 4.03. The Morgan fingerprint density at radius 1 is 1.18 bits per heavy atom. The van der Waals surface area contributed by atoms with E-state index in [9.17, 15) is 14.7 Å². The van der Waals surface area contributed by atoms with E-state index in [0.717, 1.165) is 25.9 Å². The van der Waals surface area contributed by atoms with Gasteiger partial charge in [0, 0.05) is 36.1 Å². The van der Waals surface area contributed by atoms with Crippen molar-refractivity contribution in [3.63, 3.8) is 0 Å². The minimum atomic E-state index is -1.09. The number of carboxylic acid groups (broad SMARTS) is 1. The summed E-state index contributed by atoms with van der Waals surface area (Å²) in [6.07, 6.45) is 3.35. The third kappa shape index (κ3) is 5.01. The van der Waals surface area contributed by atoms with Gasteiger partial charge in [0.1, 0.15) is 30.3 Å². The predicted molar refractivity (Wildman–Crippen MR) is 128 cm³/mol. The van der Waals surface area contributed by atoms with Crippen molar-refractivity contribution >= 4 is 46.0 Å². The summed E-state index contributed by atoms with van der Waals surface area (Å²) >= 11 is 6.46. The number of hydrogen-bond donors (Lipinski definition) is 4. The van der Waals surface area contributed by atoms with Crippen LogP contribution in [0.15, 0.2) is 41.7 Å². The van der Waals surface area contributed by atoms with Gasteiger partial charge in [-0.25, -0.2) is 9.97 Å². The zero-order valence-corrected chi connectivity index (χ0v) is 18.9. The van der Waals surface area contributed by atoms with E-state index < -0.39 is 12.5 Å². The average molecular weight is 483 g/mol. The number of nitrogens with one attached hydrogen (secondary N) is 1. The number of amidine groups is 1. The number of hydrogen-bond acceptors (Lipinski definition) is 7. The third-order valence-corrected chi connectivity index (χ3v) is 5.87. The maximum absolute atomic E-state index is 12.8. The first kappa shape index (κ1) is 23.2. The number of benzene rings is 2. The zero-order chi connectivity index (χ0) is 24.2. The molecule has 0 unspecified atom stereocenters. The molecule has 3 aromatic rings. The van der Waals surface area contributed by atoms with E-state index in [-0.39, 0.29) is 24.0 Å². The molecule has 0 bridgehead atoms. The van der Waals surface area contributed by atoms with E-state index >= 15 is 0 Å². The van der Waals surface area contributed by atoms with Gasteiger partial charge in [-0.1, -0.05) is 11.6 Å². The first-order valence-corrected chi connectivity index (χ1v) is 11.0. The smallest absolute Gasteiger partial charge is 0.325 e. The van der Waals surface area contributed by atoms with Gasteiger partial charge in [-0.05, 0) is 43.2 Å². The molecular weight excluding hydrogens is 460 g/mol. The quantitative estimate of drug-likeness (QED) is 0.296. The summed E-state index contributed by atoms with van der Waals surface area (Å²) in [6, 6.07) is 7.96. The SMILES string of the molecule is NC(=NCC(=O)O)c1ccc(O)c(CNc2ncnc3cc(C(=O)N4CCCC4)c(Cl)cc23)c1. The molecule has 34 heavy (non-hydrogen) atoms. The summed E-state index contributed by atoms with van der Waals surface area (Å²) in [5.74, 6) is -0.649. The number of aliphatic imine (C=N–C) groups is 1. The number of halogens is 1. The summed E-state index contributed by atoms with van der Waals surface area (Å²) in [4.78, 5) is 37.7. The fourth-order valence-electron chi connectivity index (χ4n) is 3.78. The molecule has 0 spiro atoms. The van der Waals surface area contributed by atoms with Crippen molar-refractivity contribution in [3.05, 3.63) is 58.4 Å². The normalized spacial score (nSPS) is 13.9. The number of anilines is 1. The van der Waals surface area contributed by atoms with Crippen LogP contribution in [0.1, 0.15) is 34.3 Å². The molecular formula is C23H23ClN6O4. The van der Waals surface area contributed by atoms with Crippen molar-refractivity contribution in [1.29, 1.82) is 0 Å². The van der Waals surface area contributed by atoms with Crippen LogP contribution in [-0.2, 0) is 11.3 Å². The van der Waals surface area contributed by atoms with Gasteiger partial charge in [0.25, 0.3) is 5.91 Å². The molecule has 0 saturated carbocycles. The number of carbonyl (C=O) groups is 2. The van der Waals surface area contributed by atoms with Crippen molar-refractivity contribution in [3.8, 4) is 5.75 Å². The number of aliphatic carboxylic acids is 1. The molecule has 1 aliphatic heterocycles. The maximum atomic E-state index is 12.8. The minimum Gasteiger partial charge on any atom is -0.508 e. The van der Waals surface area contributed by atoms with Gasteiger partial charge in [-0.3, -0.25) is 14.6 Å². The highest BCUT2D eigenvalue weighted by atomic mass is 35.5. The monoisotopic (exact) mass is 482 g/mol. The molecule has 10 nitrogen and oxygen atoms in total. The van der Waals surface area contributed by atoms with Gasteiger partial charge < -0.3 is 26.2 Å². The standard InChI is InChI=1S/C23H23ClN6O4/c24-17-8-16-18(9-15(17)23(34)30-5-1-2-6-30)28-12-29-22(16)27-10-14-7-13(3-4-19(14)31)21(25)26-11-20(32)33/h3-4,7-9,12,31H,1-2,5-6,10-11H2,(H2,25,26)(H,32,33)(H,27,28,29). The molecule has 176 valence electrons. The number of likely N-dealkylation sites (tertiary alicyclic amines) is 1. The van der Waals surface area contributed by atoms with Crippen molar-refractivity contribution in [2.75, 3.05) is 25.0 Å². The average Bonchev–Trinajstić information content (AvgIpc) is 3.36. The van der Waals surface area contributed by atoms with E-state index in [4.69, 9.17) is 22.4 Å². The number of fused-ring (bicyclic) bond motifs is 1. The minimum absolute atomic E-state index is 0.0252. The second kappa shape index (κ2) is 9.92. The molecule has 0 radical (unpaired) electrons. The number of phenols is 1. The van der Waals surface area contributed by atoms with Crippen LogP contribution in [0.5, 0.6) is 5.75 Å². The first-order chi connectivity index (χ1) is 16.3. The number of phenolic OH excluding ortho intramolecular Hbond substituents is 1. The van der Waals surface area contributed by atoms with Gasteiger partial charge >= 0.3 is 5.97 Å². The Kier molecular flexibility index (Phi) is 6.78. The van der Waals surface area contributed by atoms with Crippen LogP contribution < -0.4 is 11.1 Å².